The van der Waals surface area contributed by atoms with Gasteiger partial charge in [0.25, 0.3) is 8.25 Å². The quantitative estimate of drug-likeness (QED) is 0.0284. The number of ether oxygens (including phenoxy) is 4. The predicted octanol–water partition coefficient (Wildman–Crippen LogP) is -8.18. The van der Waals surface area contributed by atoms with E-state index in [9.17, 15) is 29.9 Å². The molecule has 0 aromatic heterocycles. The molecule has 0 aromatic rings. The van der Waals surface area contributed by atoms with Crippen LogP contribution in [-0.4, -0.2) is 181 Å². The third-order valence-electron chi connectivity index (χ3n) is 7.27. The average Bonchev–Trinajstić information content (AvgIpc) is 3.03. The first-order chi connectivity index (χ1) is 23.3. The number of likely N-dealkylation sites (N-methyl/N-ethyl adjacent to an activating group) is 2. The van der Waals surface area contributed by atoms with Gasteiger partial charge in [0.1, 0.15) is 0 Å². The van der Waals surface area contributed by atoms with Crippen molar-refractivity contribution in [1.82, 2.24) is 14.7 Å². The van der Waals surface area contributed by atoms with Gasteiger partial charge in [-0.15, -0.1) is 12.3 Å². The fourth-order valence-corrected chi connectivity index (χ4v) is 4.60. The van der Waals surface area contributed by atoms with Gasteiger partial charge in [-0.2, -0.15) is 0 Å². The van der Waals surface area contributed by atoms with E-state index in [-0.39, 0.29) is 91.0 Å². The third-order valence-corrected chi connectivity index (χ3v) is 8.14. The number of rotatable bonds is 25. The zero-order valence-electron chi connectivity index (χ0n) is 32.6. The monoisotopic (exact) mass is 814 g/mol. The van der Waals surface area contributed by atoms with Crippen molar-refractivity contribution in [2.24, 2.45) is 0 Å². The number of hydrogen-bond donors (Lipinski definition) is 6. The van der Waals surface area contributed by atoms with Crippen molar-refractivity contribution in [3.05, 3.63) is 5.85 Å². The maximum Gasteiger partial charge on any atom is 1.00 e. The summed E-state index contributed by atoms with van der Waals surface area (Å²) < 4.78 is 40.9. The van der Waals surface area contributed by atoms with Crippen LogP contribution in [0.4, 0.5) is 0 Å². The van der Waals surface area contributed by atoms with Gasteiger partial charge in [-0.3, -0.25) is 4.90 Å². The molecule has 7 atom stereocenters. The molecule has 18 nitrogen and oxygen atoms in total. The largest absolute Gasteiger partial charge is 1.00 e. The van der Waals surface area contributed by atoms with Crippen LogP contribution in [0.1, 0.15) is 53.4 Å². The molecule has 52 heavy (non-hydrogen) atoms. The number of hydrogen-bond acceptors (Lipinski definition) is 17. The topological polar surface area (TPSA) is 271 Å². The van der Waals surface area contributed by atoms with E-state index < -0.39 is 46.1 Å². The van der Waals surface area contributed by atoms with Crippen LogP contribution >= 0.6 is 15.9 Å². The molecule has 1 saturated heterocycles. The Morgan fingerprint density at radius 3 is 1.65 bits per heavy atom. The maximum atomic E-state index is 10.7. The van der Waals surface area contributed by atoms with Crippen LogP contribution in [0.25, 0.3) is 0 Å². The van der Waals surface area contributed by atoms with Crippen LogP contribution in [0.3, 0.4) is 0 Å². The molecule has 1 aliphatic rings. The number of aliphatic hydroxyl groups excluding tert-OH is 5. The summed E-state index contributed by atoms with van der Waals surface area (Å²) in [5.41, 5.74) is 0. The van der Waals surface area contributed by atoms with Gasteiger partial charge in [-0.05, 0) is 47.3 Å². The van der Waals surface area contributed by atoms with Crippen molar-refractivity contribution in [2.45, 2.75) is 90.0 Å². The molecule has 0 spiro atoms. The molecule has 0 saturated carbocycles. The van der Waals surface area contributed by atoms with E-state index in [1.165, 1.54) is 0 Å². The molecular weight excluding hydrogens is 750 g/mol. The van der Waals surface area contributed by atoms with Gasteiger partial charge in [0.2, 0.25) is 0 Å². The van der Waals surface area contributed by atoms with E-state index in [0.717, 1.165) is 26.2 Å². The van der Waals surface area contributed by atoms with E-state index in [4.69, 9.17) is 43.3 Å². The molecule has 1 aliphatic heterocycles. The zero-order chi connectivity index (χ0) is 38.7. The molecule has 1 heterocycles. The Morgan fingerprint density at radius 1 is 0.827 bits per heavy atom. The van der Waals surface area contributed by atoms with Gasteiger partial charge in [0.05, 0.1) is 76.3 Å². The second-order valence-electron chi connectivity index (χ2n) is 12.4. The summed E-state index contributed by atoms with van der Waals surface area (Å²) in [6.45, 7) is 14.8. The second-order valence-corrected chi connectivity index (χ2v) is 14.4. The first-order valence-electron chi connectivity index (χ1n) is 16.9. The molecule has 1 fully saturated rings. The molecule has 7 unspecified atom stereocenters. The Labute approximate surface area is 355 Å². The smallest absolute Gasteiger partial charge is 0.801 e. The third kappa shape index (κ3) is 39.9. The number of piperazine rings is 1. The van der Waals surface area contributed by atoms with Crippen LogP contribution in [0, 0.1) is 5.85 Å². The van der Waals surface area contributed by atoms with Crippen LogP contribution < -0.4 is 73.8 Å². The summed E-state index contributed by atoms with van der Waals surface area (Å²) >= 11 is 0. The van der Waals surface area contributed by atoms with Crippen molar-refractivity contribution in [3.63, 3.8) is 0 Å². The molecule has 0 aliphatic carbocycles. The van der Waals surface area contributed by atoms with Gasteiger partial charge in [-0.1, -0.05) is 24.8 Å². The van der Waals surface area contributed by atoms with E-state index in [1.54, 1.807) is 11.9 Å². The molecule has 0 amide bonds. The molecule has 0 radical (unpaired) electrons. The summed E-state index contributed by atoms with van der Waals surface area (Å²) in [6.07, 6.45) is -0.864. The zero-order valence-corrected chi connectivity index (χ0v) is 38.4. The summed E-state index contributed by atoms with van der Waals surface area (Å²) in [5.74, 6) is -0.924. The molecular formula is C30H64N3Na2O15P2-. The molecule has 1 rings (SSSR count). The Hall–Kier alpha value is 1.69. The van der Waals surface area contributed by atoms with Crippen LogP contribution in [0.5, 0.6) is 0 Å². The summed E-state index contributed by atoms with van der Waals surface area (Å²) in [4.78, 5) is 42.6. The Kier molecular flexibility index (Phi) is 42.9. The molecule has 0 aromatic carbocycles. The Morgan fingerprint density at radius 2 is 1.25 bits per heavy atom. The van der Waals surface area contributed by atoms with E-state index in [1.807, 2.05) is 27.7 Å². The van der Waals surface area contributed by atoms with E-state index in [2.05, 4.69) is 16.8 Å². The molecule has 22 heteroatoms. The van der Waals surface area contributed by atoms with Gasteiger partial charge < -0.3 is 78.4 Å². The fraction of sp³-hybridized carbons (Fsp3) is 0.967. The maximum absolute atomic E-state index is 10.7. The van der Waals surface area contributed by atoms with Crippen LogP contribution in [0.15, 0.2) is 0 Å². The van der Waals surface area contributed by atoms with Gasteiger partial charge in [-0.25, -0.2) is 0 Å². The first-order valence-corrected chi connectivity index (χ1v) is 19.6. The minimum Gasteiger partial charge on any atom is -0.801 e. The van der Waals surface area contributed by atoms with Crippen molar-refractivity contribution >= 4 is 15.9 Å². The van der Waals surface area contributed by atoms with Gasteiger partial charge in [0.15, 0.2) is 0 Å². The van der Waals surface area contributed by atoms with Gasteiger partial charge >= 0.3 is 59.1 Å². The van der Waals surface area contributed by atoms with Gasteiger partial charge in [0, 0.05) is 46.9 Å². The van der Waals surface area contributed by atoms with E-state index >= 15 is 0 Å². The number of aliphatic hydroxyl groups is 5. The minimum atomic E-state index is -4.78. The van der Waals surface area contributed by atoms with Crippen LogP contribution in [0.2, 0.25) is 0 Å². The summed E-state index contributed by atoms with van der Waals surface area (Å²) in [6, 6.07) is 0. The minimum absolute atomic E-state index is 0. The van der Waals surface area contributed by atoms with Crippen molar-refractivity contribution < 1.29 is 132 Å². The summed E-state index contributed by atoms with van der Waals surface area (Å²) in [7, 11) is -4.28. The Bertz CT molecular complexity index is 867. The average molecular weight is 815 g/mol. The molecule has 0 bridgehead atoms. The predicted molar refractivity (Wildman–Crippen MR) is 180 cm³/mol. The standard InChI is InChI=1S/C15H32N2O4.C15H33NO8P.2Na.HO3P/c1-4-14(18)11-20-10-13(2)21-12-15(19)9-17-7-5-16(3)6-8-17;1-4-13(17)10-23-9-12(2)24-11-14(18)8-16(3)7-5-6-15(19)25(20,21)22;;;1-4(2)3/h13-15,18-19H,4-12H2,1-3H3;12-14,17-19H,4-11H2,1-3H3,(H2,20,21,22);;;(H,1,2,3)/q;-1;2*+1;/p-2. The van der Waals surface area contributed by atoms with Crippen LogP contribution in [-0.2, 0) is 28.1 Å². The number of nitrogens with zero attached hydrogens (tertiary/aromatic N) is 3. The Balaban J connectivity index is -0.000000391. The molecule has 302 valence electrons. The van der Waals surface area contributed by atoms with Crippen molar-refractivity contribution in [2.75, 3.05) is 99.5 Å². The number of β-amino-alcohol motifs (C(OH)–C–C–N with tert-alkyl or cyclic N) is 1. The first kappa shape index (κ1) is 60.4. The second kappa shape index (κ2) is 37.0. The SMILES string of the molecule is CCC(O)COCC(C)OCC(O)CN(C)CCC[C-](O)P(=O)([O-])O.CCC(O)COCC(C)OCC(O)CN1CCN(C)CC1.O=[P+]([O-])[O-].[Na+].[Na+]. The fourth-order valence-electron chi connectivity index (χ4n) is 4.16. The summed E-state index contributed by atoms with van der Waals surface area (Å²) in [5, 5.41) is 47.8. The normalized spacial score (nSPS) is 18.2. The molecule has 6 N–H and O–H groups in total. The van der Waals surface area contributed by atoms with Crippen molar-refractivity contribution in [1.29, 1.82) is 0 Å². The van der Waals surface area contributed by atoms with Crippen molar-refractivity contribution in [3.8, 4) is 0 Å². The van der Waals surface area contributed by atoms with E-state index in [0.29, 0.717) is 65.3 Å².